The molecule has 1 fully saturated rings. The zero-order valence-corrected chi connectivity index (χ0v) is 10.6. The van der Waals surface area contributed by atoms with Gasteiger partial charge in [-0.2, -0.15) is 4.98 Å². The first-order valence-corrected chi connectivity index (χ1v) is 6.55. The van der Waals surface area contributed by atoms with Crippen LogP contribution >= 0.6 is 11.3 Å². The SMILES string of the molecule is O=C1CN(C(=O)c2nc(-c3cccs3)no2)CCN1. The van der Waals surface area contributed by atoms with Crippen molar-refractivity contribution in [3.63, 3.8) is 0 Å². The lowest BCUT2D eigenvalue weighted by molar-refractivity contribution is -0.123. The van der Waals surface area contributed by atoms with Gasteiger partial charge in [0.2, 0.25) is 11.7 Å². The average molecular weight is 278 g/mol. The highest BCUT2D eigenvalue weighted by Gasteiger charge is 2.26. The van der Waals surface area contributed by atoms with Gasteiger partial charge in [0, 0.05) is 13.1 Å². The number of carbonyl (C=O) groups is 2. The summed E-state index contributed by atoms with van der Waals surface area (Å²) < 4.78 is 4.96. The Hall–Kier alpha value is -2.22. The summed E-state index contributed by atoms with van der Waals surface area (Å²) >= 11 is 1.46. The average Bonchev–Trinajstić information content (AvgIpc) is 3.08. The van der Waals surface area contributed by atoms with Crippen LogP contribution in [0.3, 0.4) is 0 Å². The number of carbonyl (C=O) groups excluding carboxylic acids is 2. The lowest BCUT2D eigenvalue weighted by Crippen LogP contribution is -2.50. The monoisotopic (exact) mass is 278 g/mol. The van der Waals surface area contributed by atoms with E-state index in [9.17, 15) is 9.59 Å². The first-order chi connectivity index (χ1) is 9.24. The van der Waals surface area contributed by atoms with Crippen LogP contribution in [0.1, 0.15) is 10.7 Å². The van der Waals surface area contributed by atoms with E-state index in [0.29, 0.717) is 18.9 Å². The third-order valence-electron chi connectivity index (χ3n) is 2.68. The van der Waals surface area contributed by atoms with Crippen molar-refractivity contribution >= 4 is 23.2 Å². The van der Waals surface area contributed by atoms with Gasteiger partial charge in [-0.3, -0.25) is 9.59 Å². The molecule has 0 aliphatic carbocycles. The van der Waals surface area contributed by atoms with E-state index in [2.05, 4.69) is 15.5 Å². The van der Waals surface area contributed by atoms with Gasteiger partial charge in [-0.1, -0.05) is 11.2 Å². The molecule has 0 unspecified atom stereocenters. The molecule has 3 rings (SSSR count). The van der Waals surface area contributed by atoms with E-state index in [-0.39, 0.29) is 18.3 Å². The lowest BCUT2D eigenvalue weighted by atomic mass is 10.3. The van der Waals surface area contributed by atoms with Crippen molar-refractivity contribution in [3.05, 3.63) is 23.4 Å². The standard InChI is InChI=1S/C11H10N4O3S/c16-8-6-15(4-3-12-8)11(17)10-13-9(14-18-10)7-2-1-5-19-7/h1-2,5H,3-4,6H2,(H,12,16). The molecule has 1 saturated heterocycles. The summed E-state index contributed by atoms with van der Waals surface area (Å²) in [5.41, 5.74) is 0. The first kappa shape index (κ1) is 11.8. The molecule has 0 saturated carbocycles. The molecule has 2 aromatic heterocycles. The van der Waals surface area contributed by atoms with Gasteiger partial charge < -0.3 is 14.7 Å². The molecule has 0 atom stereocenters. The van der Waals surface area contributed by atoms with E-state index in [4.69, 9.17) is 4.52 Å². The molecule has 2 aromatic rings. The van der Waals surface area contributed by atoms with E-state index < -0.39 is 5.91 Å². The van der Waals surface area contributed by atoms with Crippen LogP contribution in [0.25, 0.3) is 10.7 Å². The quantitative estimate of drug-likeness (QED) is 0.857. The zero-order chi connectivity index (χ0) is 13.2. The van der Waals surface area contributed by atoms with Gasteiger partial charge in [-0.15, -0.1) is 11.3 Å². The van der Waals surface area contributed by atoms with E-state index in [1.54, 1.807) is 0 Å². The van der Waals surface area contributed by atoms with Crippen molar-refractivity contribution in [2.24, 2.45) is 0 Å². The molecule has 1 N–H and O–H groups in total. The summed E-state index contributed by atoms with van der Waals surface area (Å²) in [4.78, 5) is 29.6. The minimum absolute atomic E-state index is 0.0234. The molecular formula is C11H10N4O3S. The van der Waals surface area contributed by atoms with Gasteiger partial charge >= 0.3 is 11.8 Å². The second kappa shape index (κ2) is 4.81. The molecule has 0 aromatic carbocycles. The molecule has 0 radical (unpaired) electrons. The Morgan fingerprint density at radius 3 is 3.16 bits per heavy atom. The molecule has 98 valence electrons. The molecule has 7 nitrogen and oxygen atoms in total. The van der Waals surface area contributed by atoms with Crippen LogP contribution in [0.5, 0.6) is 0 Å². The van der Waals surface area contributed by atoms with E-state index in [1.807, 2.05) is 17.5 Å². The number of amides is 2. The lowest BCUT2D eigenvalue weighted by Gasteiger charge is -2.24. The second-order valence-corrected chi connectivity index (χ2v) is 4.92. The van der Waals surface area contributed by atoms with Gasteiger partial charge in [0.05, 0.1) is 4.88 Å². The highest BCUT2D eigenvalue weighted by molar-refractivity contribution is 7.13. The Morgan fingerprint density at radius 1 is 1.53 bits per heavy atom. The highest BCUT2D eigenvalue weighted by atomic mass is 32.1. The van der Waals surface area contributed by atoms with Crippen molar-refractivity contribution in [3.8, 4) is 10.7 Å². The Morgan fingerprint density at radius 2 is 2.42 bits per heavy atom. The molecule has 2 amide bonds. The maximum Gasteiger partial charge on any atom is 0.316 e. The fourth-order valence-electron chi connectivity index (χ4n) is 1.76. The van der Waals surface area contributed by atoms with Gasteiger partial charge in [-0.25, -0.2) is 0 Å². The molecule has 1 aliphatic rings. The third-order valence-corrected chi connectivity index (χ3v) is 3.54. The van der Waals surface area contributed by atoms with Crippen LogP contribution < -0.4 is 5.32 Å². The predicted molar refractivity (Wildman–Crippen MR) is 66.5 cm³/mol. The number of thiophene rings is 1. The number of piperazine rings is 1. The Bertz CT molecular complexity index is 607. The number of aromatic nitrogens is 2. The minimum atomic E-state index is -0.412. The molecule has 3 heterocycles. The van der Waals surface area contributed by atoms with Crippen LogP contribution in [-0.4, -0.2) is 46.5 Å². The summed E-state index contributed by atoms with van der Waals surface area (Å²) in [6, 6.07) is 3.71. The molecular weight excluding hydrogens is 268 g/mol. The van der Waals surface area contributed by atoms with Gasteiger partial charge in [-0.05, 0) is 11.4 Å². The molecule has 8 heteroatoms. The van der Waals surface area contributed by atoms with E-state index in [1.165, 1.54) is 16.2 Å². The second-order valence-electron chi connectivity index (χ2n) is 3.98. The van der Waals surface area contributed by atoms with Crippen molar-refractivity contribution < 1.29 is 14.1 Å². The van der Waals surface area contributed by atoms with Crippen LogP contribution in [0.2, 0.25) is 0 Å². The fourth-order valence-corrected chi connectivity index (χ4v) is 2.41. The zero-order valence-electron chi connectivity index (χ0n) is 9.83. The predicted octanol–water partition coefficient (Wildman–Crippen LogP) is 0.370. The van der Waals surface area contributed by atoms with Crippen LogP contribution in [0.15, 0.2) is 22.0 Å². The van der Waals surface area contributed by atoms with Gasteiger partial charge in [0.1, 0.15) is 6.54 Å². The van der Waals surface area contributed by atoms with Crippen molar-refractivity contribution in [1.82, 2.24) is 20.4 Å². The number of rotatable bonds is 2. The van der Waals surface area contributed by atoms with Gasteiger partial charge in [0.25, 0.3) is 0 Å². The smallest absolute Gasteiger partial charge is 0.316 e. The van der Waals surface area contributed by atoms with Crippen molar-refractivity contribution in [2.75, 3.05) is 19.6 Å². The maximum absolute atomic E-state index is 12.1. The number of nitrogens with zero attached hydrogens (tertiary/aromatic N) is 3. The van der Waals surface area contributed by atoms with Gasteiger partial charge in [0.15, 0.2) is 0 Å². The van der Waals surface area contributed by atoms with E-state index in [0.717, 1.165) is 4.88 Å². The third kappa shape index (κ3) is 2.34. The normalized spacial score (nSPS) is 15.4. The Labute approximate surface area is 112 Å². The molecule has 19 heavy (non-hydrogen) atoms. The number of hydrogen-bond donors (Lipinski definition) is 1. The topological polar surface area (TPSA) is 88.3 Å². The molecule has 0 spiro atoms. The molecule has 0 bridgehead atoms. The van der Waals surface area contributed by atoms with Crippen LogP contribution in [0, 0.1) is 0 Å². The van der Waals surface area contributed by atoms with Crippen LogP contribution in [0.4, 0.5) is 0 Å². The Kier molecular flexibility index (Phi) is 3.00. The summed E-state index contributed by atoms with van der Waals surface area (Å²) in [6.07, 6.45) is 0. The Balaban J connectivity index is 1.79. The number of nitrogens with one attached hydrogen (secondary N) is 1. The minimum Gasteiger partial charge on any atom is -0.353 e. The van der Waals surface area contributed by atoms with Crippen molar-refractivity contribution in [1.29, 1.82) is 0 Å². The van der Waals surface area contributed by atoms with E-state index >= 15 is 0 Å². The first-order valence-electron chi connectivity index (χ1n) is 5.67. The van der Waals surface area contributed by atoms with Crippen molar-refractivity contribution in [2.45, 2.75) is 0 Å². The fraction of sp³-hybridized carbons (Fsp3) is 0.273. The summed E-state index contributed by atoms with van der Waals surface area (Å²) in [7, 11) is 0. The highest BCUT2D eigenvalue weighted by Crippen LogP contribution is 2.21. The summed E-state index contributed by atoms with van der Waals surface area (Å²) in [6.45, 7) is 0.910. The summed E-state index contributed by atoms with van der Waals surface area (Å²) in [5.74, 6) is -0.291. The summed E-state index contributed by atoms with van der Waals surface area (Å²) in [5, 5.41) is 8.31. The molecule has 1 aliphatic heterocycles. The maximum atomic E-state index is 12.1. The van der Waals surface area contributed by atoms with Crippen LogP contribution in [-0.2, 0) is 4.79 Å². The largest absolute Gasteiger partial charge is 0.353 e. The number of hydrogen-bond acceptors (Lipinski definition) is 6.